The molecule has 3 rings (SSSR count). The van der Waals surface area contributed by atoms with Gasteiger partial charge in [-0.25, -0.2) is 8.42 Å². The summed E-state index contributed by atoms with van der Waals surface area (Å²) >= 11 is 11.8. The maximum absolute atomic E-state index is 13.0. The molecule has 0 atom stereocenters. The summed E-state index contributed by atoms with van der Waals surface area (Å²) in [6.07, 6.45) is 2.81. The summed E-state index contributed by atoms with van der Waals surface area (Å²) in [6, 6.07) is 9.39. The molecule has 1 saturated heterocycles. The molecular weight excluding hydrogens is 451 g/mol. The minimum atomic E-state index is -3.76. The maximum Gasteiger partial charge on any atom is 0.248 e. The van der Waals surface area contributed by atoms with Gasteiger partial charge in [0, 0.05) is 34.9 Å². The molecule has 30 heavy (non-hydrogen) atoms. The molecule has 0 radical (unpaired) electrons. The molecular formula is C20H20Cl2N2O5S. The second kappa shape index (κ2) is 9.80. The number of nitrogens with one attached hydrogen (secondary N) is 1. The van der Waals surface area contributed by atoms with Crippen molar-refractivity contribution >= 4 is 50.9 Å². The Kier molecular flexibility index (Phi) is 7.38. The van der Waals surface area contributed by atoms with Crippen LogP contribution in [0.25, 0.3) is 6.08 Å². The maximum atomic E-state index is 13.0. The molecule has 0 saturated carbocycles. The van der Waals surface area contributed by atoms with Gasteiger partial charge >= 0.3 is 0 Å². The lowest BCUT2D eigenvalue weighted by Gasteiger charge is -2.26. The number of rotatable bonds is 6. The summed E-state index contributed by atoms with van der Waals surface area (Å²) in [5, 5.41) is 3.45. The van der Waals surface area contributed by atoms with Crippen molar-refractivity contribution in [2.75, 3.05) is 38.7 Å². The smallest absolute Gasteiger partial charge is 0.248 e. The van der Waals surface area contributed by atoms with Gasteiger partial charge in [-0.1, -0.05) is 29.3 Å². The molecule has 0 spiro atoms. The van der Waals surface area contributed by atoms with E-state index in [0.29, 0.717) is 34.5 Å². The van der Waals surface area contributed by atoms with Gasteiger partial charge in [0.2, 0.25) is 15.9 Å². The zero-order chi connectivity index (χ0) is 21.7. The largest absolute Gasteiger partial charge is 0.495 e. The van der Waals surface area contributed by atoms with Gasteiger partial charge in [-0.2, -0.15) is 4.31 Å². The third-order valence-corrected chi connectivity index (χ3v) is 6.69. The first-order valence-electron chi connectivity index (χ1n) is 9.01. The Labute approximate surface area is 185 Å². The predicted molar refractivity (Wildman–Crippen MR) is 117 cm³/mol. The van der Waals surface area contributed by atoms with Gasteiger partial charge in [0.15, 0.2) is 0 Å². The average molecular weight is 471 g/mol. The van der Waals surface area contributed by atoms with E-state index in [1.54, 1.807) is 30.3 Å². The van der Waals surface area contributed by atoms with Crippen LogP contribution >= 0.6 is 23.2 Å². The summed E-state index contributed by atoms with van der Waals surface area (Å²) in [5.41, 5.74) is 0.981. The highest BCUT2D eigenvalue weighted by Crippen LogP contribution is 2.29. The van der Waals surface area contributed by atoms with Crippen LogP contribution in [0.15, 0.2) is 47.4 Å². The highest BCUT2D eigenvalue weighted by Gasteiger charge is 2.29. The van der Waals surface area contributed by atoms with Crippen molar-refractivity contribution in [1.82, 2.24) is 4.31 Å². The number of ether oxygens (including phenoxy) is 2. The van der Waals surface area contributed by atoms with E-state index in [1.165, 1.54) is 29.6 Å². The molecule has 10 heteroatoms. The van der Waals surface area contributed by atoms with Crippen LogP contribution in [0.5, 0.6) is 5.75 Å². The topological polar surface area (TPSA) is 84.9 Å². The molecule has 1 amide bonds. The molecule has 0 aliphatic carbocycles. The minimum Gasteiger partial charge on any atom is -0.495 e. The van der Waals surface area contributed by atoms with E-state index >= 15 is 0 Å². The number of carbonyl (C=O) groups is 1. The van der Waals surface area contributed by atoms with Crippen molar-refractivity contribution in [3.05, 3.63) is 58.1 Å². The summed E-state index contributed by atoms with van der Waals surface area (Å²) in [5.74, 6) is -0.182. The number of amides is 1. The number of hydrogen-bond donors (Lipinski definition) is 1. The van der Waals surface area contributed by atoms with Crippen LogP contribution < -0.4 is 10.1 Å². The van der Waals surface area contributed by atoms with Crippen LogP contribution in [-0.2, 0) is 19.6 Å². The van der Waals surface area contributed by atoms with Gasteiger partial charge in [-0.15, -0.1) is 0 Å². The van der Waals surface area contributed by atoms with E-state index in [9.17, 15) is 13.2 Å². The van der Waals surface area contributed by atoms with Gasteiger partial charge in [0.25, 0.3) is 0 Å². The Bertz CT molecular complexity index is 1050. The fourth-order valence-corrected chi connectivity index (χ4v) is 5.03. The number of sulfonamides is 1. The van der Waals surface area contributed by atoms with E-state index in [4.69, 9.17) is 32.7 Å². The fraction of sp³-hybridized carbons (Fsp3) is 0.250. The van der Waals surface area contributed by atoms with Crippen molar-refractivity contribution in [3.63, 3.8) is 0 Å². The van der Waals surface area contributed by atoms with E-state index in [-0.39, 0.29) is 23.7 Å². The molecule has 1 fully saturated rings. The zero-order valence-electron chi connectivity index (χ0n) is 16.1. The van der Waals surface area contributed by atoms with E-state index < -0.39 is 15.9 Å². The first-order valence-corrected chi connectivity index (χ1v) is 11.2. The van der Waals surface area contributed by atoms with Crippen molar-refractivity contribution in [3.8, 4) is 5.75 Å². The van der Waals surface area contributed by atoms with Gasteiger partial charge in [0.1, 0.15) is 10.6 Å². The molecule has 1 aliphatic heterocycles. The van der Waals surface area contributed by atoms with Crippen LogP contribution in [0.4, 0.5) is 5.69 Å². The number of morpholine rings is 1. The first-order chi connectivity index (χ1) is 14.3. The number of benzene rings is 2. The highest BCUT2D eigenvalue weighted by molar-refractivity contribution is 7.89. The minimum absolute atomic E-state index is 0.0380. The van der Waals surface area contributed by atoms with Crippen LogP contribution in [0.3, 0.4) is 0 Å². The van der Waals surface area contributed by atoms with Gasteiger partial charge in [-0.3, -0.25) is 4.79 Å². The summed E-state index contributed by atoms with van der Waals surface area (Å²) < 4.78 is 37.9. The summed E-state index contributed by atoms with van der Waals surface area (Å²) in [4.78, 5) is 12.2. The molecule has 160 valence electrons. The quantitative estimate of drug-likeness (QED) is 0.650. The molecule has 1 N–H and O–H groups in total. The van der Waals surface area contributed by atoms with Crippen LogP contribution in [0.1, 0.15) is 5.56 Å². The molecule has 2 aromatic rings. The molecule has 1 heterocycles. The lowest BCUT2D eigenvalue weighted by Crippen LogP contribution is -2.40. The number of nitrogens with zero attached hydrogens (tertiary/aromatic N) is 1. The molecule has 1 aliphatic rings. The Morgan fingerprint density at radius 1 is 1.13 bits per heavy atom. The fourth-order valence-electron chi connectivity index (χ4n) is 2.91. The summed E-state index contributed by atoms with van der Waals surface area (Å²) in [7, 11) is -2.35. The summed E-state index contributed by atoms with van der Waals surface area (Å²) in [6.45, 7) is 1.23. The monoisotopic (exact) mass is 470 g/mol. The van der Waals surface area contributed by atoms with Gasteiger partial charge in [-0.05, 0) is 42.0 Å². The Morgan fingerprint density at radius 2 is 1.80 bits per heavy atom. The predicted octanol–water partition coefficient (Wildman–Crippen LogP) is 3.67. The Hall–Kier alpha value is -2.10. The van der Waals surface area contributed by atoms with Crippen molar-refractivity contribution < 1.29 is 22.7 Å². The second-order valence-electron chi connectivity index (χ2n) is 6.41. The third-order valence-electron chi connectivity index (χ3n) is 4.33. The van der Waals surface area contributed by atoms with Gasteiger partial charge in [0.05, 0.1) is 20.3 Å². The third kappa shape index (κ3) is 5.53. The Balaban J connectivity index is 1.81. The van der Waals surface area contributed by atoms with Crippen LogP contribution in [0, 0.1) is 0 Å². The molecule has 0 bridgehead atoms. The second-order valence-corrected chi connectivity index (χ2v) is 9.19. The molecule has 0 unspecified atom stereocenters. The standard InChI is InChI=1S/C20H20Cl2N2O5S/c1-28-18-4-2-14(10-19(18)30(26,27)24-6-8-29-9-7-24)3-5-20(25)23-17-12-15(21)11-16(22)13-17/h2-5,10-13H,6-9H2,1H3,(H,23,25)/b5-3+. The van der Waals surface area contributed by atoms with E-state index in [1.807, 2.05) is 0 Å². The van der Waals surface area contributed by atoms with E-state index in [0.717, 1.165) is 0 Å². The zero-order valence-corrected chi connectivity index (χ0v) is 18.4. The molecule has 2 aromatic carbocycles. The van der Waals surface area contributed by atoms with Crippen molar-refractivity contribution in [2.45, 2.75) is 4.90 Å². The highest BCUT2D eigenvalue weighted by atomic mass is 35.5. The number of carbonyl (C=O) groups excluding carboxylic acids is 1. The number of halogens is 2. The lowest BCUT2D eigenvalue weighted by molar-refractivity contribution is -0.111. The van der Waals surface area contributed by atoms with Crippen molar-refractivity contribution in [1.29, 1.82) is 0 Å². The normalized spacial score (nSPS) is 15.3. The van der Waals surface area contributed by atoms with Gasteiger partial charge < -0.3 is 14.8 Å². The first kappa shape index (κ1) is 22.6. The van der Waals surface area contributed by atoms with E-state index in [2.05, 4.69) is 5.32 Å². The molecule has 7 nitrogen and oxygen atoms in total. The lowest BCUT2D eigenvalue weighted by atomic mass is 10.2. The molecule has 0 aromatic heterocycles. The van der Waals surface area contributed by atoms with Crippen LogP contribution in [0.2, 0.25) is 10.0 Å². The Morgan fingerprint density at radius 3 is 2.43 bits per heavy atom. The number of anilines is 1. The average Bonchev–Trinajstić information content (AvgIpc) is 2.72. The number of hydrogen-bond acceptors (Lipinski definition) is 5. The van der Waals surface area contributed by atoms with Crippen molar-refractivity contribution in [2.24, 2.45) is 0 Å². The number of methoxy groups -OCH3 is 1. The van der Waals surface area contributed by atoms with Crippen LogP contribution in [-0.4, -0.2) is 52.0 Å². The SMILES string of the molecule is COc1ccc(/C=C/C(=O)Nc2cc(Cl)cc(Cl)c2)cc1S(=O)(=O)N1CCOCC1.